The molecule has 0 aromatic heterocycles. The van der Waals surface area contributed by atoms with E-state index in [4.69, 9.17) is 5.21 Å². The second-order valence-corrected chi connectivity index (χ2v) is 5.32. The van der Waals surface area contributed by atoms with Gasteiger partial charge in [0.05, 0.1) is 5.75 Å². The zero-order valence-corrected chi connectivity index (χ0v) is 8.71. The number of quaternary nitrogens is 1. The van der Waals surface area contributed by atoms with Crippen LogP contribution in [0.5, 0.6) is 0 Å². The lowest BCUT2D eigenvalue weighted by Gasteiger charge is -2.12. The fraction of sp³-hybridized carbons (Fsp3) is 0.250. The molecule has 0 amide bonds. The summed E-state index contributed by atoms with van der Waals surface area (Å²) in [5.74, 6) is -1.22. The first-order valence-corrected chi connectivity index (χ1v) is 6.05. The Bertz CT molecular complexity index is 458. The van der Waals surface area contributed by atoms with Gasteiger partial charge in [0, 0.05) is 24.0 Å². The molecule has 1 aromatic rings. The van der Waals surface area contributed by atoms with E-state index in [2.05, 4.69) is 0 Å². The van der Waals surface area contributed by atoms with E-state index in [1.54, 1.807) is 0 Å². The Morgan fingerprint density at radius 2 is 2.13 bits per heavy atom. The van der Waals surface area contributed by atoms with Crippen LogP contribution in [0.3, 0.4) is 0 Å². The Kier molecular flexibility index (Phi) is 3.40. The number of halogens is 1. The summed E-state index contributed by atoms with van der Waals surface area (Å²) < 4.78 is 34.9. The molecule has 1 aromatic carbocycles. The van der Waals surface area contributed by atoms with Gasteiger partial charge in [0.15, 0.2) is 15.5 Å². The number of nitrogens with one attached hydrogen (secondary N) is 1. The van der Waals surface area contributed by atoms with Crippen molar-refractivity contribution in [2.45, 2.75) is 5.75 Å². The van der Waals surface area contributed by atoms with E-state index < -0.39 is 26.6 Å². The van der Waals surface area contributed by atoms with Gasteiger partial charge in [0.25, 0.3) is 0 Å². The van der Waals surface area contributed by atoms with Crippen molar-refractivity contribution in [3.05, 3.63) is 34.8 Å². The zero-order chi connectivity index (χ0) is 11.6. The van der Waals surface area contributed by atoms with Gasteiger partial charge in [0.2, 0.25) is 0 Å². The Morgan fingerprint density at radius 1 is 1.53 bits per heavy atom. The van der Waals surface area contributed by atoms with Crippen molar-refractivity contribution in [1.82, 2.24) is 0 Å². The topological polar surface area (TPSA) is 81.9 Å². The molecule has 0 radical (unpaired) electrons. The fourth-order valence-corrected chi connectivity index (χ4v) is 1.89. The van der Waals surface area contributed by atoms with E-state index in [-0.39, 0.29) is 11.3 Å². The number of hydrogen-bond donors (Lipinski definition) is 2. The normalized spacial score (nSPS) is 13.9. The van der Waals surface area contributed by atoms with Crippen molar-refractivity contribution >= 4 is 15.5 Å². The molecule has 5 nitrogen and oxygen atoms in total. The molecule has 0 saturated heterocycles. The molecule has 0 fully saturated rings. The first-order valence-electron chi connectivity index (χ1n) is 3.99. The maximum Gasteiger partial charge on any atom is 0.164 e. The minimum atomic E-state index is -3.38. The molecule has 7 heteroatoms. The number of hydrogen-bond acceptors (Lipinski definition) is 4. The third-order valence-electron chi connectivity index (χ3n) is 1.71. The molecule has 0 saturated carbocycles. The van der Waals surface area contributed by atoms with Crippen LogP contribution in [-0.2, 0) is 15.6 Å². The molecular weight excluding hydrogens is 225 g/mol. The summed E-state index contributed by atoms with van der Waals surface area (Å²) in [7, 11) is -3.38. The minimum absolute atomic E-state index is 0.127. The van der Waals surface area contributed by atoms with Crippen molar-refractivity contribution in [2.24, 2.45) is 0 Å². The maximum absolute atomic E-state index is 13.1. The van der Waals surface area contributed by atoms with Crippen molar-refractivity contribution in [3.63, 3.8) is 0 Å². The van der Waals surface area contributed by atoms with Gasteiger partial charge in [-0.15, -0.1) is 0 Å². The molecule has 84 valence electrons. The lowest BCUT2D eigenvalue weighted by Crippen LogP contribution is -2.99. The number of sulfone groups is 1. The Labute approximate surface area is 86.2 Å². The van der Waals surface area contributed by atoms with Crippen LogP contribution in [0, 0.1) is 11.0 Å². The molecule has 0 aliphatic heterocycles. The second kappa shape index (κ2) is 4.23. The van der Waals surface area contributed by atoms with Crippen LogP contribution in [0.25, 0.3) is 0 Å². The molecule has 0 heterocycles. The van der Waals surface area contributed by atoms with E-state index in [1.165, 1.54) is 0 Å². The standard InChI is InChI=1S/C8H10FNO4S/c1-15(13,14)5-6-4-7(10(11)12)2-3-8(6)9/h2-4,10-11H,5H2,1H3. The van der Waals surface area contributed by atoms with Crippen molar-refractivity contribution in [3.8, 4) is 0 Å². The molecular formula is C8H10FNO4S. The van der Waals surface area contributed by atoms with Crippen LogP contribution in [0.4, 0.5) is 10.1 Å². The highest BCUT2D eigenvalue weighted by atomic mass is 32.2. The Hall–Kier alpha value is -1.02. The minimum Gasteiger partial charge on any atom is -0.595 e. The molecule has 0 aliphatic carbocycles. The van der Waals surface area contributed by atoms with Crippen LogP contribution in [0.2, 0.25) is 0 Å². The van der Waals surface area contributed by atoms with E-state index in [0.29, 0.717) is 0 Å². The average Bonchev–Trinajstić information content (AvgIpc) is 2.06. The SMILES string of the molecule is CS(=O)(=O)Cc1cc([NH+]([O-])O)ccc1F. The summed E-state index contributed by atoms with van der Waals surface area (Å²) in [5, 5.41) is 18.0. The first kappa shape index (κ1) is 12.1. The largest absolute Gasteiger partial charge is 0.595 e. The van der Waals surface area contributed by atoms with Gasteiger partial charge < -0.3 is 5.21 Å². The molecule has 2 N–H and O–H groups in total. The van der Waals surface area contributed by atoms with Crippen LogP contribution in [-0.4, -0.2) is 19.9 Å². The van der Waals surface area contributed by atoms with E-state index in [9.17, 15) is 18.0 Å². The van der Waals surface area contributed by atoms with Crippen LogP contribution in [0.15, 0.2) is 18.2 Å². The highest BCUT2D eigenvalue weighted by molar-refractivity contribution is 7.89. The molecule has 0 aliphatic rings. The summed E-state index contributed by atoms with van der Waals surface area (Å²) in [6.45, 7) is 0. The predicted octanol–water partition coefficient (Wildman–Crippen LogP) is -0.226. The second-order valence-electron chi connectivity index (χ2n) is 3.18. The quantitative estimate of drug-likeness (QED) is 0.709. The van der Waals surface area contributed by atoms with Gasteiger partial charge in [-0.25, -0.2) is 18.0 Å². The van der Waals surface area contributed by atoms with Crippen molar-refractivity contribution in [2.75, 3.05) is 6.26 Å². The summed E-state index contributed by atoms with van der Waals surface area (Å²) in [4.78, 5) is 0. The van der Waals surface area contributed by atoms with Gasteiger partial charge in [-0.3, -0.25) is 0 Å². The van der Waals surface area contributed by atoms with Gasteiger partial charge >= 0.3 is 0 Å². The van der Waals surface area contributed by atoms with Gasteiger partial charge in [-0.2, -0.15) is 5.23 Å². The lowest BCUT2D eigenvalue weighted by molar-refractivity contribution is -0.991. The van der Waals surface area contributed by atoms with E-state index in [1.807, 2.05) is 0 Å². The summed E-state index contributed by atoms with van der Waals surface area (Å²) in [5.41, 5.74) is -0.257. The molecule has 1 rings (SSSR count). The molecule has 15 heavy (non-hydrogen) atoms. The molecule has 1 atom stereocenters. The smallest absolute Gasteiger partial charge is 0.164 e. The Morgan fingerprint density at radius 3 is 2.60 bits per heavy atom. The molecule has 0 bridgehead atoms. The van der Waals surface area contributed by atoms with Gasteiger partial charge in [-0.05, 0) is 6.07 Å². The fourth-order valence-electron chi connectivity index (χ4n) is 1.10. The molecule has 1 unspecified atom stereocenters. The van der Waals surface area contributed by atoms with Gasteiger partial charge in [-0.1, -0.05) is 0 Å². The Balaban J connectivity index is 3.11. The third kappa shape index (κ3) is 3.56. The van der Waals surface area contributed by atoms with Crippen LogP contribution >= 0.6 is 0 Å². The number of rotatable bonds is 3. The van der Waals surface area contributed by atoms with E-state index >= 15 is 0 Å². The van der Waals surface area contributed by atoms with Crippen LogP contribution < -0.4 is 5.23 Å². The third-order valence-corrected chi connectivity index (χ3v) is 2.55. The summed E-state index contributed by atoms with van der Waals surface area (Å²) in [6, 6.07) is 3.06. The molecule has 0 spiro atoms. The van der Waals surface area contributed by atoms with Gasteiger partial charge in [0.1, 0.15) is 5.82 Å². The van der Waals surface area contributed by atoms with E-state index in [0.717, 1.165) is 24.5 Å². The predicted molar refractivity (Wildman–Crippen MR) is 50.7 cm³/mol. The zero-order valence-electron chi connectivity index (χ0n) is 7.90. The monoisotopic (exact) mass is 235 g/mol. The lowest BCUT2D eigenvalue weighted by atomic mass is 10.2. The maximum atomic E-state index is 13.1. The average molecular weight is 235 g/mol. The first-order chi connectivity index (χ1) is 6.79. The highest BCUT2D eigenvalue weighted by Crippen LogP contribution is 2.14. The highest BCUT2D eigenvalue weighted by Gasteiger charge is 2.12. The van der Waals surface area contributed by atoms with Crippen molar-refractivity contribution in [1.29, 1.82) is 0 Å². The summed E-state index contributed by atoms with van der Waals surface area (Å²) in [6.07, 6.45) is 0.958. The van der Waals surface area contributed by atoms with Crippen LogP contribution in [0.1, 0.15) is 5.56 Å². The summed E-state index contributed by atoms with van der Waals surface area (Å²) >= 11 is 0. The number of benzene rings is 1. The van der Waals surface area contributed by atoms with Crippen molar-refractivity contribution < 1.29 is 23.2 Å².